The summed E-state index contributed by atoms with van der Waals surface area (Å²) in [6, 6.07) is 13.3. The Bertz CT molecular complexity index is 1510. The third kappa shape index (κ3) is 4.75. The van der Waals surface area contributed by atoms with E-state index in [0.29, 0.717) is 31.1 Å². The highest BCUT2D eigenvalue weighted by Gasteiger charge is 2.63. The minimum absolute atomic E-state index is 0.0912. The number of carbonyl (C=O) groups is 1. The number of benzene rings is 2. The predicted octanol–water partition coefficient (Wildman–Crippen LogP) is 4.56. The van der Waals surface area contributed by atoms with Crippen LogP contribution in [0.15, 0.2) is 36.4 Å². The fourth-order valence-electron chi connectivity index (χ4n) is 7.40. The van der Waals surface area contributed by atoms with Gasteiger partial charge in [0.05, 0.1) is 29.8 Å². The van der Waals surface area contributed by atoms with Gasteiger partial charge in [0.15, 0.2) is 0 Å². The smallest absolute Gasteiger partial charge is 0.318 e. The Balaban J connectivity index is 1.19. The quantitative estimate of drug-likeness (QED) is 0.371. The van der Waals surface area contributed by atoms with Crippen LogP contribution in [-0.4, -0.2) is 85.9 Å². The van der Waals surface area contributed by atoms with Gasteiger partial charge < -0.3 is 19.4 Å². The van der Waals surface area contributed by atoms with Crippen molar-refractivity contribution >= 4 is 39.8 Å². The molecule has 0 N–H and O–H groups in total. The number of likely N-dealkylation sites (tertiary alicyclic amines) is 1. The number of carbonyl (C=O) groups excluding carboxylic acids is 1. The summed E-state index contributed by atoms with van der Waals surface area (Å²) in [7, 11) is 5.42. The van der Waals surface area contributed by atoms with Crippen molar-refractivity contribution in [3.05, 3.63) is 52.7 Å². The molecule has 2 aromatic carbocycles. The van der Waals surface area contributed by atoms with E-state index >= 15 is 0 Å². The number of likely N-dealkylation sites (N-methyl/N-ethyl adjacent to an activating group) is 1. The maximum atomic E-state index is 13.1. The maximum absolute atomic E-state index is 13.1. The van der Waals surface area contributed by atoms with Gasteiger partial charge in [-0.05, 0) is 69.1 Å². The zero-order valence-electron chi connectivity index (χ0n) is 24.7. The Hall–Kier alpha value is -3.14. The Morgan fingerprint density at radius 2 is 1.98 bits per heavy atom. The van der Waals surface area contributed by atoms with E-state index in [-0.39, 0.29) is 11.3 Å². The number of amides is 1. The molecule has 9 nitrogen and oxygen atoms in total. The Labute approximate surface area is 252 Å². The van der Waals surface area contributed by atoms with Crippen LogP contribution in [0.4, 0.5) is 11.5 Å². The lowest BCUT2D eigenvalue weighted by Crippen LogP contribution is -2.43. The molecule has 3 fully saturated rings. The first-order valence-corrected chi connectivity index (χ1v) is 15.5. The molecule has 1 aromatic heterocycles. The number of hydroxylamine groups is 2. The minimum atomic E-state index is -0.300. The van der Waals surface area contributed by atoms with Gasteiger partial charge in [-0.1, -0.05) is 35.9 Å². The first-order valence-electron chi connectivity index (χ1n) is 15.1. The highest BCUT2D eigenvalue weighted by atomic mass is 35.5. The fraction of sp³-hybridized carbons (Fsp3) is 0.531. The molecule has 10 heteroatoms. The number of halogens is 1. The molecule has 1 aliphatic carbocycles. The average molecular weight is 591 g/mol. The van der Waals surface area contributed by atoms with Crippen LogP contribution in [0.1, 0.15) is 36.9 Å². The van der Waals surface area contributed by atoms with Gasteiger partial charge >= 0.3 is 6.01 Å². The number of aromatic nitrogens is 2. The molecule has 222 valence electrons. The second kappa shape index (κ2) is 10.8. The van der Waals surface area contributed by atoms with Crippen molar-refractivity contribution in [3.8, 4) is 6.01 Å². The van der Waals surface area contributed by atoms with E-state index in [2.05, 4.69) is 46.0 Å². The third-order valence-electron chi connectivity index (χ3n) is 10.1. The molecule has 3 atom stereocenters. The zero-order valence-corrected chi connectivity index (χ0v) is 25.4. The highest BCUT2D eigenvalue weighted by Crippen LogP contribution is 2.59. The van der Waals surface area contributed by atoms with Gasteiger partial charge in [0.2, 0.25) is 0 Å². The number of hydrogen-bond donors (Lipinski definition) is 0. The third-order valence-corrected chi connectivity index (χ3v) is 10.4. The molecule has 42 heavy (non-hydrogen) atoms. The number of rotatable bonds is 7. The molecule has 4 heterocycles. The van der Waals surface area contributed by atoms with E-state index in [0.717, 1.165) is 84.9 Å². The topological polar surface area (TPSA) is 74.3 Å². The second-order valence-corrected chi connectivity index (χ2v) is 12.8. The van der Waals surface area contributed by atoms with Gasteiger partial charge in [-0.25, -0.2) is 5.06 Å². The Morgan fingerprint density at radius 1 is 1.14 bits per heavy atom. The fourth-order valence-corrected chi connectivity index (χ4v) is 7.67. The predicted molar refractivity (Wildman–Crippen MR) is 164 cm³/mol. The average Bonchev–Trinajstić information content (AvgIpc) is 3.62. The van der Waals surface area contributed by atoms with Crippen LogP contribution in [-0.2, 0) is 22.6 Å². The van der Waals surface area contributed by atoms with E-state index in [1.807, 2.05) is 12.1 Å². The van der Waals surface area contributed by atoms with Crippen LogP contribution in [0, 0.1) is 11.3 Å². The van der Waals surface area contributed by atoms with Gasteiger partial charge in [0.1, 0.15) is 12.4 Å². The van der Waals surface area contributed by atoms with Gasteiger partial charge in [-0.2, -0.15) is 9.97 Å². The summed E-state index contributed by atoms with van der Waals surface area (Å²) >= 11 is 6.71. The molecule has 0 bridgehead atoms. The first-order chi connectivity index (χ1) is 20.4. The van der Waals surface area contributed by atoms with Crippen molar-refractivity contribution in [1.29, 1.82) is 0 Å². The van der Waals surface area contributed by atoms with E-state index in [1.165, 1.54) is 17.0 Å². The monoisotopic (exact) mass is 590 g/mol. The van der Waals surface area contributed by atoms with Crippen LogP contribution in [0.3, 0.4) is 0 Å². The Kier molecular flexibility index (Phi) is 7.15. The molecule has 0 radical (unpaired) electrons. The van der Waals surface area contributed by atoms with Crippen molar-refractivity contribution in [3.63, 3.8) is 0 Å². The largest absolute Gasteiger partial charge is 0.462 e. The van der Waals surface area contributed by atoms with Gasteiger partial charge in [0, 0.05) is 49.4 Å². The molecule has 0 spiro atoms. The molecule has 4 aliphatic rings. The molecule has 1 saturated carbocycles. The van der Waals surface area contributed by atoms with E-state index in [9.17, 15) is 4.79 Å². The van der Waals surface area contributed by atoms with Crippen LogP contribution >= 0.6 is 11.6 Å². The molecule has 0 unspecified atom stereocenters. The van der Waals surface area contributed by atoms with Gasteiger partial charge in [-0.3, -0.25) is 9.63 Å². The summed E-state index contributed by atoms with van der Waals surface area (Å²) in [5.74, 6) is 1.36. The van der Waals surface area contributed by atoms with Crippen molar-refractivity contribution < 1.29 is 14.4 Å². The van der Waals surface area contributed by atoms with Crippen LogP contribution in [0.2, 0.25) is 5.02 Å². The van der Waals surface area contributed by atoms with Crippen molar-refractivity contribution in [2.45, 2.75) is 44.7 Å². The van der Waals surface area contributed by atoms with E-state index in [4.69, 9.17) is 31.1 Å². The molecule has 3 aromatic rings. The standard InChI is InChI=1S/C32H39ClN6O3/c1-36-14-6-9-23(36)20-42-31-34-26-19-38(27-11-5-8-21-7-4-10-25(33)28(21)27)15-12-24(26)29(35-31)39-16-13-32(17-22(32)18-39)30(40)37(2)41-3/h4-5,7-8,10-11,22-23H,6,9,12-20H2,1-3H3/t22-,23+,32+/m1/s1. The molecular weight excluding hydrogens is 552 g/mol. The van der Waals surface area contributed by atoms with E-state index < -0.39 is 0 Å². The second-order valence-electron chi connectivity index (χ2n) is 12.4. The SMILES string of the molecule is CON(C)C(=O)[C@]12CCN(c3nc(OC[C@@H]4CCCN4C)nc4c3CCN(c3cccc5cccc(Cl)c35)C4)C[C@H]1C2. The van der Waals surface area contributed by atoms with Crippen molar-refractivity contribution in [2.75, 3.05) is 63.8 Å². The lowest BCUT2D eigenvalue weighted by molar-refractivity contribution is -0.176. The number of fused-ring (bicyclic) bond motifs is 3. The Morgan fingerprint density at radius 3 is 2.74 bits per heavy atom. The lowest BCUT2D eigenvalue weighted by Gasteiger charge is -2.37. The summed E-state index contributed by atoms with van der Waals surface area (Å²) in [5, 5.41) is 4.36. The van der Waals surface area contributed by atoms with Gasteiger partial charge in [-0.15, -0.1) is 0 Å². The first kappa shape index (κ1) is 27.7. The summed E-state index contributed by atoms with van der Waals surface area (Å²) < 4.78 is 6.32. The summed E-state index contributed by atoms with van der Waals surface area (Å²) in [5.41, 5.74) is 3.02. The maximum Gasteiger partial charge on any atom is 0.318 e. The number of hydrogen-bond acceptors (Lipinski definition) is 8. The summed E-state index contributed by atoms with van der Waals surface area (Å²) in [6.07, 6.45) is 4.85. The zero-order chi connectivity index (χ0) is 29.0. The summed E-state index contributed by atoms with van der Waals surface area (Å²) in [4.78, 5) is 35.5. The number of nitrogens with zero attached hydrogens (tertiary/aromatic N) is 6. The van der Waals surface area contributed by atoms with Crippen molar-refractivity contribution in [2.24, 2.45) is 11.3 Å². The van der Waals surface area contributed by atoms with Crippen LogP contribution in [0.5, 0.6) is 6.01 Å². The number of anilines is 2. The van der Waals surface area contributed by atoms with Crippen LogP contribution < -0.4 is 14.5 Å². The van der Waals surface area contributed by atoms with Crippen LogP contribution in [0.25, 0.3) is 10.8 Å². The molecule has 2 saturated heterocycles. The number of ether oxygens (including phenoxy) is 1. The van der Waals surface area contributed by atoms with Gasteiger partial charge in [0.25, 0.3) is 5.91 Å². The van der Waals surface area contributed by atoms with E-state index in [1.54, 1.807) is 14.2 Å². The molecule has 1 amide bonds. The normalized spacial score (nSPS) is 25.3. The molecular formula is C32H39ClN6O3. The summed E-state index contributed by atoms with van der Waals surface area (Å²) in [6.45, 7) is 4.77. The molecule has 3 aliphatic heterocycles. The number of piperidine rings is 1. The molecule has 7 rings (SSSR count). The highest BCUT2D eigenvalue weighted by molar-refractivity contribution is 6.36. The lowest BCUT2D eigenvalue weighted by atomic mass is 9.93. The van der Waals surface area contributed by atoms with Crippen molar-refractivity contribution in [1.82, 2.24) is 19.9 Å². The minimum Gasteiger partial charge on any atom is -0.462 e.